The molecular formula is C18H19NO5. The van der Waals surface area contributed by atoms with E-state index in [9.17, 15) is 9.90 Å². The number of oxime groups is 1. The van der Waals surface area contributed by atoms with Crippen LogP contribution in [-0.2, 0) is 27.6 Å². The average molecular weight is 329 g/mol. The van der Waals surface area contributed by atoms with Crippen molar-refractivity contribution < 1.29 is 24.2 Å². The standard InChI is InChI=1S/C18H19NO5/c1-22-18(21)17(19-23-2)15-9-5-3-8-14(15)12-24-16-10-6-4-7-13(16)11-20/h3-10,20H,11-12H2,1-2H3/b19-17+. The maximum atomic E-state index is 11.9. The Kier molecular flexibility index (Phi) is 6.33. The van der Waals surface area contributed by atoms with Gasteiger partial charge in [-0.1, -0.05) is 47.6 Å². The summed E-state index contributed by atoms with van der Waals surface area (Å²) in [7, 11) is 2.64. The lowest BCUT2D eigenvalue weighted by Crippen LogP contribution is -2.19. The van der Waals surface area contributed by atoms with Gasteiger partial charge in [-0.25, -0.2) is 4.79 Å². The third kappa shape index (κ3) is 4.11. The van der Waals surface area contributed by atoms with Crippen LogP contribution in [0.5, 0.6) is 5.75 Å². The Labute approximate surface area is 140 Å². The number of carbonyl (C=O) groups excluding carboxylic acids is 1. The average Bonchev–Trinajstić information content (AvgIpc) is 2.64. The summed E-state index contributed by atoms with van der Waals surface area (Å²) in [5.74, 6) is -0.0156. The van der Waals surface area contributed by atoms with Gasteiger partial charge in [-0.3, -0.25) is 0 Å². The van der Waals surface area contributed by atoms with E-state index < -0.39 is 5.97 Å². The lowest BCUT2D eigenvalue weighted by molar-refractivity contribution is -0.132. The summed E-state index contributed by atoms with van der Waals surface area (Å²) in [4.78, 5) is 16.7. The summed E-state index contributed by atoms with van der Waals surface area (Å²) < 4.78 is 10.5. The molecule has 0 aliphatic heterocycles. The van der Waals surface area contributed by atoms with E-state index >= 15 is 0 Å². The minimum Gasteiger partial charge on any atom is -0.489 e. The van der Waals surface area contributed by atoms with E-state index in [0.29, 0.717) is 16.9 Å². The molecule has 1 N–H and O–H groups in total. The molecule has 2 aromatic rings. The van der Waals surface area contributed by atoms with Crippen LogP contribution in [0.15, 0.2) is 53.7 Å². The molecule has 6 heteroatoms. The molecule has 2 rings (SSSR count). The first kappa shape index (κ1) is 17.5. The van der Waals surface area contributed by atoms with E-state index in [-0.39, 0.29) is 18.9 Å². The number of rotatable bonds is 7. The van der Waals surface area contributed by atoms with Gasteiger partial charge in [-0.2, -0.15) is 0 Å². The number of methoxy groups -OCH3 is 1. The molecule has 0 heterocycles. The van der Waals surface area contributed by atoms with Gasteiger partial charge in [-0.05, 0) is 11.6 Å². The lowest BCUT2D eigenvalue weighted by atomic mass is 10.0. The Morgan fingerprint density at radius 1 is 1.04 bits per heavy atom. The highest BCUT2D eigenvalue weighted by atomic mass is 16.6. The minimum absolute atomic E-state index is 0.0645. The molecular weight excluding hydrogens is 310 g/mol. The molecule has 0 spiro atoms. The Morgan fingerprint density at radius 2 is 1.71 bits per heavy atom. The zero-order valence-corrected chi connectivity index (χ0v) is 13.6. The molecule has 6 nitrogen and oxygen atoms in total. The van der Waals surface area contributed by atoms with Crippen molar-refractivity contribution in [3.8, 4) is 5.75 Å². The number of carbonyl (C=O) groups is 1. The molecule has 2 aromatic carbocycles. The maximum absolute atomic E-state index is 11.9. The van der Waals surface area contributed by atoms with Crippen molar-refractivity contribution >= 4 is 11.7 Å². The number of para-hydroxylation sites is 1. The second-order valence-corrected chi connectivity index (χ2v) is 4.83. The minimum atomic E-state index is -0.597. The molecule has 0 amide bonds. The number of hydrogen-bond donors (Lipinski definition) is 1. The molecule has 126 valence electrons. The van der Waals surface area contributed by atoms with E-state index in [4.69, 9.17) is 14.3 Å². The lowest BCUT2D eigenvalue weighted by Gasteiger charge is -2.13. The summed E-state index contributed by atoms with van der Waals surface area (Å²) in [6.07, 6.45) is 0. The van der Waals surface area contributed by atoms with Crippen molar-refractivity contribution in [1.29, 1.82) is 0 Å². The first-order valence-corrected chi connectivity index (χ1v) is 7.30. The summed E-state index contributed by atoms with van der Waals surface area (Å²) in [6, 6.07) is 14.4. The van der Waals surface area contributed by atoms with Crippen LogP contribution < -0.4 is 4.74 Å². The van der Waals surface area contributed by atoms with Gasteiger partial charge in [0.05, 0.1) is 13.7 Å². The zero-order valence-electron chi connectivity index (χ0n) is 13.6. The summed E-state index contributed by atoms with van der Waals surface area (Å²) in [5.41, 5.74) is 2.06. The van der Waals surface area contributed by atoms with Gasteiger partial charge in [0.2, 0.25) is 0 Å². The molecule has 0 bridgehead atoms. The van der Waals surface area contributed by atoms with E-state index in [1.54, 1.807) is 24.3 Å². The molecule has 0 aromatic heterocycles. The van der Waals surface area contributed by atoms with E-state index in [1.807, 2.05) is 24.3 Å². The quantitative estimate of drug-likeness (QED) is 0.479. The predicted molar refractivity (Wildman–Crippen MR) is 88.7 cm³/mol. The van der Waals surface area contributed by atoms with Gasteiger partial charge in [0, 0.05) is 11.1 Å². The molecule has 0 aliphatic rings. The Balaban J connectivity index is 2.29. The first-order valence-electron chi connectivity index (χ1n) is 7.30. The van der Waals surface area contributed by atoms with Gasteiger partial charge in [0.15, 0.2) is 5.71 Å². The fourth-order valence-electron chi connectivity index (χ4n) is 2.19. The number of aliphatic hydroxyl groups is 1. The van der Waals surface area contributed by atoms with Crippen LogP contribution >= 0.6 is 0 Å². The Bertz CT molecular complexity index is 727. The van der Waals surface area contributed by atoms with Crippen LogP contribution in [0.25, 0.3) is 0 Å². The van der Waals surface area contributed by atoms with Crippen LogP contribution in [0.4, 0.5) is 0 Å². The second-order valence-electron chi connectivity index (χ2n) is 4.83. The van der Waals surface area contributed by atoms with Gasteiger partial charge >= 0.3 is 5.97 Å². The van der Waals surface area contributed by atoms with E-state index in [1.165, 1.54) is 14.2 Å². The van der Waals surface area contributed by atoms with E-state index in [0.717, 1.165) is 5.56 Å². The van der Waals surface area contributed by atoms with Crippen molar-refractivity contribution in [1.82, 2.24) is 0 Å². The molecule has 0 aliphatic carbocycles. The molecule has 0 fully saturated rings. The summed E-state index contributed by atoms with van der Waals surface area (Å²) in [5, 5.41) is 13.1. The van der Waals surface area contributed by atoms with Gasteiger partial charge in [-0.15, -0.1) is 0 Å². The van der Waals surface area contributed by atoms with E-state index in [2.05, 4.69) is 5.16 Å². The van der Waals surface area contributed by atoms with Crippen LogP contribution in [0, 0.1) is 0 Å². The highest BCUT2D eigenvalue weighted by Gasteiger charge is 2.19. The fraction of sp³-hybridized carbons (Fsp3) is 0.222. The van der Waals surface area contributed by atoms with Gasteiger partial charge in [0.25, 0.3) is 0 Å². The number of esters is 1. The van der Waals surface area contributed by atoms with Crippen molar-refractivity contribution in [2.45, 2.75) is 13.2 Å². The topological polar surface area (TPSA) is 77.4 Å². The van der Waals surface area contributed by atoms with Crippen LogP contribution in [0.3, 0.4) is 0 Å². The smallest absolute Gasteiger partial charge is 0.360 e. The van der Waals surface area contributed by atoms with Crippen molar-refractivity contribution in [3.63, 3.8) is 0 Å². The maximum Gasteiger partial charge on any atom is 0.360 e. The van der Waals surface area contributed by atoms with Crippen LogP contribution in [0.1, 0.15) is 16.7 Å². The van der Waals surface area contributed by atoms with Gasteiger partial charge in [0.1, 0.15) is 19.5 Å². The normalized spacial score (nSPS) is 11.0. The second kappa shape index (κ2) is 8.69. The number of hydrogen-bond acceptors (Lipinski definition) is 6. The summed E-state index contributed by atoms with van der Waals surface area (Å²) >= 11 is 0. The third-order valence-corrected chi connectivity index (χ3v) is 3.36. The van der Waals surface area contributed by atoms with Crippen LogP contribution in [0.2, 0.25) is 0 Å². The first-order chi connectivity index (χ1) is 11.7. The molecule has 0 unspecified atom stereocenters. The molecule has 0 saturated heterocycles. The summed E-state index contributed by atoms with van der Waals surface area (Å²) in [6.45, 7) is 0.0866. The van der Waals surface area contributed by atoms with Crippen molar-refractivity contribution in [2.75, 3.05) is 14.2 Å². The SMILES string of the molecule is CO/N=C(/C(=O)OC)c1ccccc1COc1ccccc1CO. The number of nitrogens with zero attached hydrogens (tertiary/aromatic N) is 1. The Hall–Kier alpha value is -2.86. The van der Waals surface area contributed by atoms with Crippen molar-refractivity contribution in [2.24, 2.45) is 5.16 Å². The highest BCUT2D eigenvalue weighted by molar-refractivity contribution is 6.43. The van der Waals surface area contributed by atoms with Crippen molar-refractivity contribution in [3.05, 3.63) is 65.2 Å². The number of benzene rings is 2. The monoisotopic (exact) mass is 329 g/mol. The predicted octanol–water partition coefficient (Wildman–Crippen LogP) is 2.28. The number of ether oxygens (including phenoxy) is 2. The zero-order chi connectivity index (χ0) is 17.4. The molecule has 0 atom stereocenters. The number of aliphatic hydroxyl groups excluding tert-OH is 1. The molecule has 0 radical (unpaired) electrons. The van der Waals surface area contributed by atoms with Crippen LogP contribution in [-0.4, -0.2) is 31.0 Å². The largest absolute Gasteiger partial charge is 0.489 e. The van der Waals surface area contributed by atoms with Gasteiger partial charge < -0.3 is 19.4 Å². The third-order valence-electron chi connectivity index (χ3n) is 3.36. The fourth-order valence-corrected chi connectivity index (χ4v) is 2.19. The molecule has 0 saturated carbocycles. The molecule has 24 heavy (non-hydrogen) atoms. The highest BCUT2D eigenvalue weighted by Crippen LogP contribution is 2.20. The Morgan fingerprint density at radius 3 is 2.38 bits per heavy atom.